The molecule has 2 rings (SSSR count). The Hall–Kier alpha value is -2.99. The lowest BCUT2D eigenvalue weighted by molar-refractivity contribution is -0.0406. The summed E-state index contributed by atoms with van der Waals surface area (Å²) in [6, 6.07) is 16.7. The summed E-state index contributed by atoms with van der Waals surface area (Å²) in [4.78, 5) is 24.0. The van der Waals surface area contributed by atoms with Gasteiger partial charge in [-0.3, -0.25) is 0 Å². The van der Waals surface area contributed by atoms with Gasteiger partial charge in [-0.1, -0.05) is 36.4 Å². The van der Waals surface area contributed by atoms with Crippen LogP contribution in [0.4, 0.5) is 0 Å². The Bertz CT molecular complexity index is 702. The van der Waals surface area contributed by atoms with E-state index in [-0.39, 0.29) is 13.0 Å². The van der Waals surface area contributed by atoms with Gasteiger partial charge in [0.05, 0.1) is 11.1 Å². The molecule has 0 aliphatic rings. The maximum absolute atomic E-state index is 12.1. The highest BCUT2D eigenvalue weighted by molar-refractivity contribution is 5.90. The van der Waals surface area contributed by atoms with E-state index in [1.807, 2.05) is 0 Å². The Labute approximate surface area is 145 Å². The summed E-state index contributed by atoms with van der Waals surface area (Å²) in [5, 5.41) is 17.4. The molecule has 0 saturated heterocycles. The van der Waals surface area contributed by atoms with E-state index in [4.69, 9.17) is 14.9 Å². The van der Waals surface area contributed by atoms with Gasteiger partial charge in [0.25, 0.3) is 0 Å². The number of carbonyl (C=O) groups excluding carboxylic acids is 2. The zero-order chi connectivity index (χ0) is 18.1. The second-order valence-electron chi connectivity index (χ2n) is 5.28. The number of ether oxygens (including phenoxy) is 2. The van der Waals surface area contributed by atoms with E-state index in [0.29, 0.717) is 11.1 Å². The molecule has 6 heteroatoms. The molecule has 0 fully saturated rings. The molecule has 0 unspecified atom stereocenters. The SMILES string of the molecule is N=CC[C@H](OC(=O)c1ccccc1)[C@H](O)COC(=O)c1ccccc1. The zero-order valence-corrected chi connectivity index (χ0v) is 13.5. The first-order valence-electron chi connectivity index (χ1n) is 7.77. The number of benzene rings is 2. The molecule has 2 aromatic carbocycles. The number of rotatable bonds is 8. The highest BCUT2D eigenvalue weighted by Crippen LogP contribution is 2.11. The molecule has 2 atom stereocenters. The van der Waals surface area contributed by atoms with E-state index >= 15 is 0 Å². The van der Waals surface area contributed by atoms with Gasteiger partial charge in [0, 0.05) is 6.42 Å². The maximum Gasteiger partial charge on any atom is 0.338 e. The Morgan fingerprint density at radius 3 is 2.00 bits per heavy atom. The second kappa shape index (κ2) is 9.34. The molecule has 0 saturated carbocycles. The van der Waals surface area contributed by atoms with Crippen molar-refractivity contribution in [2.24, 2.45) is 0 Å². The Morgan fingerprint density at radius 1 is 0.960 bits per heavy atom. The van der Waals surface area contributed by atoms with Crippen molar-refractivity contribution in [3.8, 4) is 0 Å². The van der Waals surface area contributed by atoms with Crippen molar-refractivity contribution in [1.82, 2.24) is 0 Å². The smallest absolute Gasteiger partial charge is 0.338 e. The van der Waals surface area contributed by atoms with Gasteiger partial charge < -0.3 is 20.0 Å². The molecule has 0 aliphatic carbocycles. The zero-order valence-electron chi connectivity index (χ0n) is 13.5. The first-order valence-corrected chi connectivity index (χ1v) is 7.77. The van der Waals surface area contributed by atoms with Crippen molar-refractivity contribution >= 4 is 18.2 Å². The predicted octanol–water partition coefficient (Wildman–Crippen LogP) is 2.47. The highest BCUT2D eigenvalue weighted by atomic mass is 16.6. The fourth-order valence-electron chi connectivity index (χ4n) is 2.11. The molecule has 130 valence electrons. The molecule has 0 spiro atoms. The average Bonchev–Trinajstić information content (AvgIpc) is 2.66. The standard InChI is InChI=1S/C19H19NO5/c20-12-11-17(25-19(23)15-9-5-2-6-10-15)16(21)13-24-18(22)14-7-3-1-4-8-14/h1-10,12,16-17,20-21H,11,13H2/t16-,17+/m1/s1. The Kier molecular flexibility index (Phi) is 6.86. The topological polar surface area (TPSA) is 96.7 Å². The fourth-order valence-corrected chi connectivity index (χ4v) is 2.11. The van der Waals surface area contributed by atoms with Crippen molar-refractivity contribution in [3.63, 3.8) is 0 Å². The summed E-state index contributed by atoms with van der Waals surface area (Å²) < 4.78 is 10.3. The van der Waals surface area contributed by atoms with Gasteiger partial charge in [0.2, 0.25) is 0 Å². The van der Waals surface area contributed by atoms with Gasteiger partial charge in [-0.15, -0.1) is 0 Å². The molecular formula is C19H19NO5. The van der Waals surface area contributed by atoms with Gasteiger partial charge in [-0.05, 0) is 30.5 Å². The van der Waals surface area contributed by atoms with Crippen molar-refractivity contribution in [3.05, 3.63) is 71.8 Å². The third-order valence-corrected chi connectivity index (χ3v) is 3.44. The number of hydrogen-bond acceptors (Lipinski definition) is 6. The predicted molar refractivity (Wildman–Crippen MR) is 91.8 cm³/mol. The van der Waals surface area contributed by atoms with Crippen LogP contribution in [0.2, 0.25) is 0 Å². The first-order chi connectivity index (χ1) is 12.1. The first kappa shape index (κ1) is 18.4. The molecular weight excluding hydrogens is 322 g/mol. The molecule has 25 heavy (non-hydrogen) atoms. The summed E-state index contributed by atoms with van der Waals surface area (Å²) in [5.74, 6) is -1.19. The average molecular weight is 341 g/mol. The highest BCUT2D eigenvalue weighted by Gasteiger charge is 2.25. The van der Waals surface area contributed by atoms with E-state index < -0.39 is 24.1 Å². The van der Waals surface area contributed by atoms with Crippen LogP contribution in [0.1, 0.15) is 27.1 Å². The quantitative estimate of drug-likeness (QED) is 0.568. The lowest BCUT2D eigenvalue weighted by Crippen LogP contribution is -2.36. The molecule has 6 nitrogen and oxygen atoms in total. The molecule has 0 amide bonds. The molecule has 2 N–H and O–H groups in total. The minimum absolute atomic E-state index is 0.0165. The molecule has 0 heterocycles. The molecule has 0 bridgehead atoms. The van der Waals surface area contributed by atoms with Gasteiger partial charge in [0.15, 0.2) is 0 Å². The van der Waals surface area contributed by atoms with Crippen LogP contribution in [0.15, 0.2) is 60.7 Å². The lowest BCUT2D eigenvalue weighted by atomic mass is 10.1. The molecule has 2 aromatic rings. The van der Waals surface area contributed by atoms with Crippen LogP contribution in [0.25, 0.3) is 0 Å². The van der Waals surface area contributed by atoms with E-state index in [9.17, 15) is 14.7 Å². The summed E-state index contributed by atoms with van der Waals surface area (Å²) >= 11 is 0. The van der Waals surface area contributed by atoms with Crippen LogP contribution in [0.3, 0.4) is 0 Å². The van der Waals surface area contributed by atoms with Crippen LogP contribution >= 0.6 is 0 Å². The van der Waals surface area contributed by atoms with Crippen LogP contribution in [-0.2, 0) is 9.47 Å². The monoisotopic (exact) mass is 341 g/mol. The van der Waals surface area contributed by atoms with Crippen molar-refractivity contribution in [2.45, 2.75) is 18.6 Å². The molecule has 0 radical (unpaired) electrons. The number of hydrogen-bond donors (Lipinski definition) is 2. The van der Waals surface area contributed by atoms with Crippen molar-refractivity contribution in [1.29, 1.82) is 5.41 Å². The van der Waals surface area contributed by atoms with E-state index in [1.165, 1.54) is 0 Å². The summed E-state index contributed by atoms with van der Waals surface area (Å²) in [7, 11) is 0. The normalized spacial score (nSPS) is 12.7. The molecule has 0 aromatic heterocycles. The van der Waals surface area contributed by atoms with Gasteiger partial charge in [-0.2, -0.15) is 0 Å². The minimum atomic E-state index is -1.23. The number of aliphatic hydroxyl groups excluding tert-OH is 1. The van der Waals surface area contributed by atoms with Crippen LogP contribution in [0.5, 0.6) is 0 Å². The third kappa shape index (κ3) is 5.54. The lowest BCUT2D eigenvalue weighted by Gasteiger charge is -2.21. The maximum atomic E-state index is 12.1. The van der Waals surface area contributed by atoms with E-state index in [0.717, 1.165) is 6.21 Å². The number of carbonyl (C=O) groups is 2. The van der Waals surface area contributed by atoms with Gasteiger partial charge >= 0.3 is 11.9 Å². The summed E-state index contributed by atoms with van der Waals surface area (Å²) in [6.07, 6.45) is -1.16. The Balaban J connectivity index is 1.93. The molecule has 0 aliphatic heterocycles. The largest absolute Gasteiger partial charge is 0.459 e. The number of nitrogens with one attached hydrogen (secondary N) is 1. The third-order valence-electron chi connectivity index (χ3n) is 3.44. The Morgan fingerprint density at radius 2 is 1.48 bits per heavy atom. The van der Waals surface area contributed by atoms with Crippen LogP contribution < -0.4 is 0 Å². The van der Waals surface area contributed by atoms with Crippen molar-refractivity contribution < 1.29 is 24.2 Å². The van der Waals surface area contributed by atoms with Gasteiger partial charge in [-0.25, -0.2) is 9.59 Å². The summed E-state index contributed by atoms with van der Waals surface area (Å²) in [5.41, 5.74) is 0.700. The van der Waals surface area contributed by atoms with E-state index in [1.54, 1.807) is 60.7 Å². The van der Waals surface area contributed by atoms with E-state index in [2.05, 4.69) is 0 Å². The fraction of sp³-hybridized carbons (Fsp3) is 0.211. The number of esters is 2. The van der Waals surface area contributed by atoms with Crippen LogP contribution in [0, 0.1) is 5.41 Å². The van der Waals surface area contributed by atoms with Crippen molar-refractivity contribution in [2.75, 3.05) is 6.61 Å². The summed E-state index contributed by atoms with van der Waals surface area (Å²) in [6.45, 7) is -0.339. The van der Waals surface area contributed by atoms with Gasteiger partial charge in [0.1, 0.15) is 18.8 Å². The number of aliphatic hydroxyl groups is 1. The van der Waals surface area contributed by atoms with Crippen LogP contribution in [-0.4, -0.2) is 42.1 Å². The minimum Gasteiger partial charge on any atom is -0.459 e. The second-order valence-corrected chi connectivity index (χ2v) is 5.28.